The van der Waals surface area contributed by atoms with E-state index in [1.54, 1.807) is 23.5 Å². The Balaban J connectivity index is 0.000000137. The zero-order valence-corrected chi connectivity index (χ0v) is 23.3. The minimum absolute atomic E-state index is 0.0858. The van der Waals surface area contributed by atoms with Gasteiger partial charge in [0.1, 0.15) is 0 Å². The molecule has 8 rings (SSSR count). The fourth-order valence-electron chi connectivity index (χ4n) is 6.08. The van der Waals surface area contributed by atoms with E-state index in [0.29, 0.717) is 43.3 Å². The first-order chi connectivity index (χ1) is 20.1. The molecular weight excluding hydrogens is 544 g/mol. The fourth-order valence-corrected chi connectivity index (χ4v) is 7.94. The van der Waals surface area contributed by atoms with Gasteiger partial charge in [0.2, 0.25) is 11.8 Å². The molecule has 2 N–H and O–H groups in total. The largest absolute Gasteiger partial charge is 0.347 e. The number of thiazole rings is 2. The van der Waals surface area contributed by atoms with Crippen LogP contribution in [0.2, 0.25) is 0 Å². The van der Waals surface area contributed by atoms with Gasteiger partial charge in [0.25, 0.3) is 0 Å². The molecule has 12 heteroatoms. The first kappa shape index (κ1) is 22.9. The molecule has 2 unspecified atom stereocenters. The summed E-state index contributed by atoms with van der Waals surface area (Å²) >= 11 is 3.09. The minimum atomic E-state index is -0.344. The van der Waals surface area contributed by atoms with E-state index in [2.05, 4.69) is 53.5 Å². The van der Waals surface area contributed by atoms with Crippen LogP contribution in [0.15, 0.2) is 61.2 Å². The zero-order chi connectivity index (χ0) is 29.2. The number of rotatable bonds is 2. The molecule has 4 aromatic rings. The van der Waals surface area contributed by atoms with Crippen LogP contribution in [0.4, 0.5) is 10.3 Å². The molecule has 4 fully saturated rings. The Morgan fingerprint density at radius 3 is 1.95 bits per heavy atom. The van der Waals surface area contributed by atoms with Crippen molar-refractivity contribution in [1.82, 2.24) is 30.6 Å². The summed E-state index contributed by atoms with van der Waals surface area (Å²) in [6.45, 7) is 10.7. The lowest BCUT2D eigenvalue weighted by atomic mass is 9.85. The molecule has 204 valence electrons. The molecule has 40 heavy (non-hydrogen) atoms. The van der Waals surface area contributed by atoms with Crippen molar-refractivity contribution in [3.8, 4) is 0 Å². The number of allylic oxidation sites excluding steroid dienone is 2. The molecule has 8 heterocycles. The van der Waals surface area contributed by atoms with Crippen molar-refractivity contribution in [1.29, 1.82) is 0 Å². The Morgan fingerprint density at radius 1 is 0.850 bits per heavy atom. The van der Waals surface area contributed by atoms with E-state index in [1.165, 1.54) is 17.5 Å². The summed E-state index contributed by atoms with van der Waals surface area (Å²) in [5.41, 5.74) is 2.22. The van der Waals surface area contributed by atoms with Crippen LogP contribution in [-0.2, 0) is 9.59 Å². The molecule has 10 nitrogen and oxygen atoms in total. The van der Waals surface area contributed by atoms with Crippen molar-refractivity contribution in [2.75, 3.05) is 36.0 Å². The van der Waals surface area contributed by atoms with Gasteiger partial charge in [0, 0.05) is 62.8 Å². The Morgan fingerprint density at radius 2 is 1.40 bits per heavy atom. The molecule has 2 atom stereocenters. The highest BCUT2D eigenvalue weighted by atomic mass is 32.1. The highest BCUT2D eigenvalue weighted by molar-refractivity contribution is 7.22. The average Bonchev–Trinajstić information content (AvgIpc) is 3.76. The van der Waals surface area contributed by atoms with Crippen LogP contribution in [0.5, 0.6) is 0 Å². The zero-order valence-electron chi connectivity index (χ0n) is 23.7. The number of anilines is 2. The standard InChI is InChI=1S/2C14H14N4OS/c2*1-9-7-14(12(19)16-9)4-6-18(8-14)13-17-11-10(20-13)3-2-5-15-11/h2*2-3,5H,1,4,6-8H2,(H,16,19)/i5T;2T. The maximum atomic E-state index is 12.1. The van der Waals surface area contributed by atoms with E-state index in [-0.39, 0.29) is 28.8 Å². The van der Waals surface area contributed by atoms with E-state index in [1.807, 2.05) is 6.07 Å². The molecule has 4 aliphatic heterocycles. The summed E-state index contributed by atoms with van der Waals surface area (Å²) in [6.07, 6.45) is 4.80. The summed E-state index contributed by atoms with van der Waals surface area (Å²) in [7, 11) is 0. The molecule has 4 aromatic heterocycles. The highest BCUT2D eigenvalue weighted by Gasteiger charge is 2.50. The Kier molecular flexibility index (Phi) is 5.34. The Bertz CT molecular complexity index is 1680. The molecule has 0 radical (unpaired) electrons. The predicted molar refractivity (Wildman–Crippen MR) is 157 cm³/mol. The molecule has 4 aliphatic rings. The van der Waals surface area contributed by atoms with E-state index in [9.17, 15) is 9.59 Å². The number of hydrogen-bond acceptors (Lipinski definition) is 10. The topological polar surface area (TPSA) is 116 Å². The highest BCUT2D eigenvalue weighted by Crippen LogP contribution is 2.44. The minimum Gasteiger partial charge on any atom is -0.347 e. The third-order valence-electron chi connectivity index (χ3n) is 8.10. The quantitative estimate of drug-likeness (QED) is 0.370. The van der Waals surface area contributed by atoms with Crippen molar-refractivity contribution >= 4 is 65.4 Å². The molecular formula is C28H28N8O2S2. The van der Waals surface area contributed by atoms with Gasteiger partial charge in [-0.25, -0.2) is 9.97 Å². The van der Waals surface area contributed by atoms with Gasteiger partial charge in [-0.2, -0.15) is 9.97 Å². The van der Waals surface area contributed by atoms with Crippen LogP contribution in [0.25, 0.3) is 20.7 Å². The summed E-state index contributed by atoms with van der Waals surface area (Å²) < 4.78 is 17.1. The lowest BCUT2D eigenvalue weighted by Gasteiger charge is -2.19. The lowest BCUT2D eigenvalue weighted by molar-refractivity contribution is -0.127. The number of aromatic nitrogens is 4. The van der Waals surface area contributed by atoms with Gasteiger partial charge in [-0.15, -0.1) is 0 Å². The van der Waals surface area contributed by atoms with Crippen molar-refractivity contribution in [3.63, 3.8) is 0 Å². The van der Waals surface area contributed by atoms with E-state index in [4.69, 9.17) is 2.74 Å². The second-order valence-electron chi connectivity index (χ2n) is 10.9. The third-order valence-corrected chi connectivity index (χ3v) is 10.2. The Hall–Kier alpha value is -3.90. The van der Waals surface area contributed by atoms with Gasteiger partial charge >= 0.3 is 0 Å². The maximum absolute atomic E-state index is 12.1. The van der Waals surface area contributed by atoms with Crippen LogP contribution in [-0.4, -0.2) is 57.9 Å². The summed E-state index contributed by atoms with van der Waals surface area (Å²) in [5.74, 6) is 0.172. The number of fused-ring (bicyclic) bond motifs is 2. The Labute approximate surface area is 241 Å². The second kappa shape index (κ2) is 9.34. The van der Waals surface area contributed by atoms with Crippen LogP contribution in [0, 0.1) is 10.8 Å². The van der Waals surface area contributed by atoms with Crippen LogP contribution in [0.1, 0.15) is 28.4 Å². The molecule has 0 aliphatic carbocycles. The third kappa shape index (κ3) is 4.22. The summed E-state index contributed by atoms with van der Waals surface area (Å²) in [4.78, 5) is 45.9. The first-order valence-corrected chi connectivity index (χ1v) is 14.7. The van der Waals surface area contributed by atoms with Crippen molar-refractivity contribution in [3.05, 3.63) is 61.2 Å². The van der Waals surface area contributed by atoms with Crippen LogP contribution >= 0.6 is 22.7 Å². The summed E-state index contributed by atoms with van der Waals surface area (Å²) in [6, 6.07) is 5.72. The molecule has 0 saturated carbocycles. The van der Waals surface area contributed by atoms with Gasteiger partial charge in [0.05, 0.1) is 23.0 Å². The van der Waals surface area contributed by atoms with Gasteiger partial charge in [-0.3, -0.25) is 9.59 Å². The van der Waals surface area contributed by atoms with Crippen molar-refractivity contribution < 1.29 is 12.3 Å². The van der Waals surface area contributed by atoms with Gasteiger partial charge in [0.15, 0.2) is 21.6 Å². The van der Waals surface area contributed by atoms with E-state index >= 15 is 0 Å². The predicted octanol–water partition coefficient (Wildman–Crippen LogP) is 3.84. The number of carbonyl (C=O) groups is 2. The maximum Gasteiger partial charge on any atom is 0.232 e. The number of nitrogens with zero attached hydrogens (tertiary/aromatic N) is 6. The number of hydrogen-bond donors (Lipinski definition) is 2. The molecule has 0 aromatic carbocycles. The van der Waals surface area contributed by atoms with Crippen LogP contribution in [0.3, 0.4) is 0 Å². The number of pyridine rings is 2. The first-order valence-electron chi connectivity index (χ1n) is 14.1. The smallest absolute Gasteiger partial charge is 0.232 e. The van der Waals surface area contributed by atoms with E-state index in [0.717, 1.165) is 57.0 Å². The molecule has 2 spiro atoms. The monoisotopic (exact) mass is 576 g/mol. The lowest BCUT2D eigenvalue weighted by Crippen LogP contribution is -2.34. The van der Waals surface area contributed by atoms with Crippen molar-refractivity contribution in [2.24, 2.45) is 10.8 Å². The van der Waals surface area contributed by atoms with Crippen molar-refractivity contribution in [2.45, 2.75) is 25.7 Å². The molecule has 2 amide bonds. The molecule has 4 saturated heterocycles. The second-order valence-corrected chi connectivity index (χ2v) is 12.9. The number of nitrogens with one attached hydrogen (secondary N) is 2. The van der Waals surface area contributed by atoms with Gasteiger partial charge in [-0.1, -0.05) is 35.8 Å². The fraction of sp³-hybridized carbons (Fsp3) is 0.357. The normalized spacial score (nSPS) is 26.6. The van der Waals surface area contributed by atoms with E-state index < -0.39 is 0 Å². The molecule has 0 bridgehead atoms. The van der Waals surface area contributed by atoms with Crippen LogP contribution < -0.4 is 20.4 Å². The SMILES string of the molecule is [3H]c1ccc2sc(N3CCC4(CC(=C)NC4=O)C3)nc2n1.[3H]c1cnc2nc(N3CCC4(CC(=C)NC4=O)C3)sc2c1. The van der Waals surface area contributed by atoms with Gasteiger partial charge in [-0.05, 0) is 37.1 Å². The number of amides is 2. The summed E-state index contributed by atoms with van der Waals surface area (Å²) in [5, 5.41) is 7.44. The van der Waals surface area contributed by atoms with Gasteiger partial charge < -0.3 is 20.4 Å². The number of carbonyl (C=O) groups excluding carboxylic acids is 2. The average molecular weight is 577 g/mol.